The number of halogens is 1. The fourth-order valence-electron chi connectivity index (χ4n) is 3.30. The average Bonchev–Trinajstić information content (AvgIpc) is 3.12. The molecule has 1 unspecified atom stereocenters. The summed E-state index contributed by atoms with van der Waals surface area (Å²) in [6, 6.07) is 10.6. The van der Waals surface area contributed by atoms with Crippen LogP contribution in [0.1, 0.15) is 30.1 Å². The number of hydrogen-bond acceptors (Lipinski definition) is 3. The number of nitrogens with zero attached hydrogens (tertiary/aromatic N) is 4. The molecule has 0 N–H and O–H groups in total. The molecule has 1 saturated heterocycles. The Morgan fingerprint density at radius 2 is 2.05 bits per heavy atom. The van der Waals surface area contributed by atoms with Crippen molar-refractivity contribution in [3.8, 4) is 0 Å². The second-order valence-electron chi connectivity index (χ2n) is 5.77. The van der Waals surface area contributed by atoms with Crippen LogP contribution in [0.15, 0.2) is 42.7 Å². The summed E-state index contributed by atoms with van der Waals surface area (Å²) in [6.07, 6.45) is 6.03. The number of anilines is 1. The maximum absolute atomic E-state index is 6.02. The van der Waals surface area contributed by atoms with Crippen molar-refractivity contribution in [1.82, 2.24) is 14.6 Å². The fourth-order valence-corrected chi connectivity index (χ4v) is 3.43. The first-order valence-corrected chi connectivity index (χ1v) is 7.93. The van der Waals surface area contributed by atoms with Crippen molar-refractivity contribution in [2.24, 2.45) is 0 Å². The second-order valence-corrected chi connectivity index (χ2v) is 6.21. The summed E-state index contributed by atoms with van der Waals surface area (Å²) in [5.41, 5.74) is 3.37. The molecule has 0 aliphatic carbocycles. The van der Waals surface area contributed by atoms with Gasteiger partial charge < -0.3 is 4.90 Å². The van der Waals surface area contributed by atoms with Gasteiger partial charge in [-0.3, -0.25) is 0 Å². The molecule has 0 amide bonds. The van der Waals surface area contributed by atoms with Gasteiger partial charge in [-0.25, -0.2) is 9.50 Å². The van der Waals surface area contributed by atoms with E-state index >= 15 is 0 Å². The van der Waals surface area contributed by atoms with Gasteiger partial charge in [0.05, 0.1) is 11.7 Å². The molecule has 3 heterocycles. The van der Waals surface area contributed by atoms with E-state index in [9.17, 15) is 0 Å². The minimum Gasteiger partial charge on any atom is -0.348 e. The van der Waals surface area contributed by atoms with Crippen molar-refractivity contribution in [3.63, 3.8) is 0 Å². The SMILES string of the molecule is Cc1cc2c(N3CCCC3c3ccc(Cl)cc3)nccn2n1. The Balaban J connectivity index is 1.78. The Labute approximate surface area is 134 Å². The molecule has 1 atom stereocenters. The Bertz CT molecular complexity index is 809. The predicted molar refractivity (Wildman–Crippen MR) is 88.5 cm³/mol. The zero-order valence-corrected chi connectivity index (χ0v) is 13.2. The normalized spacial score (nSPS) is 18.3. The van der Waals surface area contributed by atoms with Gasteiger partial charge in [0.2, 0.25) is 0 Å². The fraction of sp³-hybridized carbons (Fsp3) is 0.294. The highest BCUT2D eigenvalue weighted by Gasteiger charge is 2.28. The van der Waals surface area contributed by atoms with Crippen molar-refractivity contribution in [2.45, 2.75) is 25.8 Å². The second kappa shape index (κ2) is 5.29. The Morgan fingerprint density at radius 1 is 1.23 bits per heavy atom. The monoisotopic (exact) mass is 312 g/mol. The Morgan fingerprint density at radius 3 is 2.86 bits per heavy atom. The lowest BCUT2D eigenvalue weighted by Gasteiger charge is -2.26. The molecular weight excluding hydrogens is 296 g/mol. The highest BCUT2D eigenvalue weighted by Crippen LogP contribution is 2.37. The lowest BCUT2D eigenvalue weighted by atomic mass is 10.0. The molecule has 0 saturated carbocycles. The van der Waals surface area contributed by atoms with Crippen LogP contribution in [-0.4, -0.2) is 21.1 Å². The standard InChI is InChI=1S/C17H17ClN4/c1-12-11-16-17(19-8-10-22(16)20-12)21-9-2-3-15(21)13-4-6-14(18)7-5-13/h4-8,10-11,15H,2-3,9H2,1H3. The first-order valence-electron chi connectivity index (χ1n) is 7.55. The van der Waals surface area contributed by atoms with Gasteiger partial charge in [-0.1, -0.05) is 23.7 Å². The first-order chi connectivity index (χ1) is 10.7. The van der Waals surface area contributed by atoms with E-state index < -0.39 is 0 Å². The van der Waals surface area contributed by atoms with E-state index in [0.717, 1.165) is 35.0 Å². The molecule has 4 nitrogen and oxygen atoms in total. The molecular formula is C17H17ClN4. The summed E-state index contributed by atoms with van der Waals surface area (Å²) in [5, 5.41) is 5.26. The lowest BCUT2D eigenvalue weighted by molar-refractivity contribution is 0.711. The number of rotatable bonds is 2. The quantitative estimate of drug-likeness (QED) is 0.716. The minimum atomic E-state index is 0.353. The largest absolute Gasteiger partial charge is 0.348 e. The van der Waals surface area contributed by atoms with Crippen molar-refractivity contribution in [3.05, 3.63) is 59.0 Å². The molecule has 4 rings (SSSR count). The van der Waals surface area contributed by atoms with Crippen LogP contribution in [0.2, 0.25) is 5.02 Å². The minimum absolute atomic E-state index is 0.353. The van der Waals surface area contributed by atoms with Crippen LogP contribution in [0.3, 0.4) is 0 Å². The summed E-state index contributed by atoms with van der Waals surface area (Å²) in [6.45, 7) is 3.03. The Hall–Kier alpha value is -2.07. The van der Waals surface area contributed by atoms with Gasteiger partial charge >= 0.3 is 0 Å². The van der Waals surface area contributed by atoms with Gasteiger partial charge in [0.15, 0.2) is 5.82 Å². The van der Waals surface area contributed by atoms with Crippen LogP contribution in [0.4, 0.5) is 5.82 Å². The van der Waals surface area contributed by atoms with Crippen molar-refractivity contribution in [2.75, 3.05) is 11.4 Å². The zero-order chi connectivity index (χ0) is 15.1. The average molecular weight is 313 g/mol. The van der Waals surface area contributed by atoms with E-state index in [1.165, 1.54) is 12.0 Å². The topological polar surface area (TPSA) is 33.4 Å². The molecule has 1 aliphatic rings. The van der Waals surface area contributed by atoms with Crippen LogP contribution in [0, 0.1) is 6.92 Å². The maximum atomic E-state index is 6.02. The van der Waals surface area contributed by atoms with E-state index in [0.29, 0.717) is 6.04 Å². The van der Waals surface area contributed by atoms with Crippen molar-refractivity contribution in [1.29, 1.82) is 0 Å². The number of aromatic nitrogens is 3. The Kier molecular flexibility index (Phi) is 3.26. The zero-order valence-electron chi connectivity index (χ0n) is 12.4. The molecule has 3 aromatic rings. The smallest absolute Gasteiger partial charge is 0.155 e. The number of fused-ring (bicyclic) bond motifs is 1. The van der Waals surface area contributed by atoms with Crippen LogP contribution in [0.25, 0.3) is 5.52 Å². The van der Waals surface area contributed by atoms with Gasteiger partial charge in [0.1, 0.15) is 5.52 Å². The maximum Gasteiger partial charge on any atom is 0.155 e. The number of hydrogen-bond donors (Lipinski definition) is 0. The molecule has 2 aromatic heterocycles. The molecule has 0 radical (unpaired) electrons. The van der Waals surface area contributed by atoms with Gasteiger partial charge in [-0.2, -0.15) is 5.10 Å². The molecule has 22 heavy (non-hydrogen) atoms. The van der Waals surface area contributed by atoms with Crippen molar-refractivity contribution >= 4 is 22.9 Å². The summed E-state index contributed by atoms with van der Waals surface area (Å²) >= 11 is 6.02. The van der Waals surface area contributed by atoms with Crippen LogP contribution in [-0.2, 0) is 0 Å². The van der Waals surface area contributed by atoms with E-state index in [1.54, 1.807) is 0 Å². The van der Waals surface area contributed by atoms with E-state index in [2.05, 4.69) is 33.2 Å². The summed E-state index contributed by atoms with van der Waals surface area (Å²) in [4.78, 5) is 7.02. The van der Waals surface area contributed by atoms with E-state index in [4.69, 9.17) is 11.6 Å². The summed E-state index contributed by atoms with van der Waals surface area (Å²) in [7, 11) is 0. The summed E-state index contributed by atoms with van der Waals surface area (Å²) < 4.78 is 1.91. The van der Waals surface area contributed by atoms with Gasteiger partial charge in [-0.05, 0) is 43.5 Å². The van der Waals surface area contributed by atoms with Gasteiger partial charge in [0, 0.05) is 24.0 Å². The van der Waals surface area contributed by atoms with Crippen LogP contribution >= 0.6 is 11.6 Å². The first kappa shape index (κ1) is 13.6. The molecule has 0 spiro atoms. The number of benzene rings is 1. The van der Waals surface area contributed by atoms with Crippen molar-refractivity contribution < 1.29 is 0 Å². The third kappa shape index (κ3) is 2.24. The molecule has 1 fully saturated rings. The highest BCUT2D eigenvalue weighted by atomic mass is 35.5. The molecule has 112 valence electrons. The molecule has 1 aromatic carbocycles. The third-order valence-electron chi connectivity index (χ3n) is 4.27. The van der Waals surface area contributed by atoms with Crippen LogP contribution in [0.5, 0.6) is 0 Å². The van der Waals surface area contributed by atoms with E-state index in [1.807, 2.05) is 36.0 Å². The lowest BCUT2D eigenvalue weighted by Crippen LogP contribution is -2.24. The predicted octanol–water partition coefficient (Wildman–Crippen LogP) is 4.03. The third-order valence-corrected chi connectivity index (χ3v) is 4.52. The molecule has 0 bridgehead atoms. The highest BCUT2D eigenvalue weighted by molar-refractivity contribution is 6.30. The van der Waals surface area contributed by atoms with Crippen LogP contribution < -0.4 is 4.90 Å². The number of aryl methyl sites for hydroxylation is 1. The van der Waals surface area contributed by atoms with Gasteiger partial charge in [0.25, 0.3) is 0 Å². The van der Waals surface area contributed by atoms with Gasteiger partial charge in [-0.15, -0.1) is 0 Å². The molecule has 5 heteroatoms. The molecule has 1 aliphatic heterocycles. The van der Waals surface area contributed by atoms with E-state index in [-0.39, 0.29) is 0 Å². The summed E-state index contributed by atoms with van der Waals surface area (Å²) in [5.74, 6) is 1.01.